The summed E-state index contributed by atoms with van der Waals surface area (Å²) in [6, 6.07) is 11.7. The quantitative estimate of drug-likeness (QED) is 0.430. The van der Waals surface area contributed by atoms with E-state index in [1.165, 1.54) is 36.4 Å². The largest absolute Gasteiger partial charge is 0.207 e. The lowest BCUT2D eigenvalue weighted by Crippen LogP contribution is -2.06. The van der Waals surface area contributed by atoms with Gasteiger partial charge in [-0.05, 0) is 71.4 Å². The van der Waals surface area contributed by atoms with Gasteiger partial charge in [0.05, 0.1) is 0 Å². The molecule has 4 heteroatoms. The summed E-state index contributed by atoms with van der Waals surface area (Å²) in [5, 5.41) is 0. The first-order valence-corrected chi connectivity index (χ1v) is 9.24. The first-order valence-electron chi connectivity index (χ1n) is 9.24. The lowest BCUT2D eigenvalue weighted by atomic mass is 9.86. The van der Waals surface area contributed by atoms with Gasteiger partial charge in [-0.1, -0.05) is 37.3 Å². The zero-order valence-electron chi connectivity index (χ0n) is 15.3. The second-order valence-electron chi connectivity index (χ2n) is 6.96. The first-order chi connectivity index (χ1) is 13.5. The Labute approximate surface area is 161 Å². The SMILES string of the molecule is CCc1cc(F)c(C2=Cc3ccc(-c4ccc(F)cc4)c(F)c3CC2)c(F)c1. The summed E-state index contributed by atoms with van der Waals surface area (Å²) in [5.41, 5.74) is 3.19. The Morgan fingerprint density at radius 1 is 0.821 bits per heavy atom. The summed E-state index contributed by atoms with van der Waals surface area (Å²) < 4.78 is 57.1. The molecule has 0 unspecified atom stereocenters. The molecule has 4 rings (SSSR count). The number of allylic oxidation sites excluding steroid dienone is 1. The zero-order chi connectivity index (χ0) is 19.8. The van der Waals surface area contributed by atoms with Gasteiger partial charge in [0.15, 0.2) is 0 Å². The van der Waals surface area contributed by atoms with Crippen LogP contribution in [0.4, 0.5) is 17.6 Å². The van der Waals surface area contributed by atoms with Crippen molar-refractivity contribution < 1.29 is 17.6 Å². The van der Waals surface area contributed by atoms with E-state index in [1.54, 1.807) is 18.2 Å². The smallest absolute Gasteiger partial charge is 0.134 e. The van der Waals surface area contributed by atoms with E-state index in [4.69, 9.17) is 0 Å². The number of halogens is 4. The molecule has 0 atom stereocenters. The number of benzene rings is 3. The summed E-state index contributed by atoms with van der Waals surface area (Å²) in [6.07, 6.45) is 2.89. The van der Waals surface area contributed by atoms with E-state index in [2.05, 4.69) is 0 Å². The molecular weight excluding hydrogens is 364 g/mol. The van der Waals surface area contributed by atoms with Crippen molar-refractivity contribution in [3.63, 3.8) is 0 Å². The van der Waals surface area contributed by atoms with Crippen molar-refractivity contribution in [2.45, 2.75) is 26.2 Å². The van der Waals surface area contributed by atoms with E-state index in [9.17, 15) is 13.2 Å². The van der Waals surface area contributed by atoms with E-state index >= 15 is 4.39 Å². The van der Waals surface area contributed by atoms with Gasteiger partial charge in [0.1, 0.15) is 23.3 Å². The maximum absolute atomic E-state index is 15.1. The summed E-state index contributed by atoms with van der Waals surface area (Å²) in [5.74, 6) is -1.93. The van der Waals surface area contributed by atoms with Gasteiger partial charge < -0.3 is 0 Å². The molecule has 0 saturated carbocycles. The number of hydrogen-bond donors (Lipinski definition) is 0. The molecule has 28 heavy (non-hydrogen) atoms. The van der Waals surface area contributed by atoms with Crippen LogP contribution in [0.2, 0.25) is 0 Å². The van der Waals surface area contributed by atoms with Gasteiger partial charge in [0.25, 0.3) is 0 Å². The minimum atomic E-state index is -0.588. The van der Waals surface area contributed by atoms with Crippen molar-refractivity contribution in [1.29, 1.82) is 0 Å². The van der Waals surface area contributed by atoms with Crippen LogP contribution in [0.25, 0.3) is 22.8 Å². The molecule has 3 aromatic rings. The van der Waals surface area contributed by atoms with Crippen LogP contribution in [0.1, 0.15) is 35.6 Å². The molecule has 3 aromatic carbocycles. The van der Waals surface area contributed by atoms with Gasteiger partial charge in [-0.25, -0.2) is 17.6 Å². The van der Waals surface area contributed by atoms with Crippen molar-refractivity contribution in [3.8, 4) is 11.1 Å². The maximum Gasteiger partial charge on any atom is 0.134 e. The predicted octanol–water partition coefficient (Wildman–Crippen LogP) is 6.96. The molecule has 0 fully saturated rings. The monoisotopic (exact) mass is 382 g/mol. The van der Waals surface area contributed by atoms with E-state index in [0.29, 0.717) is 52.7 Å². The minimum absolute atomic E-state index is 0.0362. The Morgan fingerprint density at radius 3 is 2.14 bits per heavy atom. The van der Waals surface area contributed by atoms with Crippen molar-refractivity contribution in [2.24, 2.45) is 0 Å². The van der Waals surface area contributed by atoms with E-state index in [-0.39, 0.29) is 17.2 Å². The molecule has 1 aliphatic carbocycles. The van der Waals surface area contributed by atoms with E-state index in [0.717, 1.165) is 0 Å². The molecule has 0 aromatic heterocycles. The van der Waals surface area contributed by atoms with Gasteiger partial charge in [0, 0.05) is 11.1 Å². The van der Waals surface area contributed by atoms with Gasteiger partial charge in [-0.2, -0.15) is 0 Å². The van der Waals surface area contributed by atoms with Gasteiger partial charge >= 0.3 is 0 Å². The molecule has 0 aliphatic heterocycles. The van der Waals surface area contributed by atoms with Crippen molar-refractivity contribution in [2.75, 3.05) is 0 Å². The standard InChI is InChI=1S/C24H18F4/c1-2-14-11-21(26)23(22(27)12-14)17-6-10-20-16(13-17)5-9-19(24(20)28)15-3-7-18(25)8-4-15/h3-5,7-9,11-13H,2,6,10H2,1H3. The highest BCUT2D eigenvalue weighted by atomic mass is 19.1. The van der Waals surface area contributed by atoms with Crippen molar-refractivity contribution in [1.82, 2.24) is 0 Å². The molecular formula is C24H18F4. The predicted molar refractivity (Wildman–Crippen MR) is 104 cm³/mol. The fraction of sp³-hybridized carbons (Fsp3) is 0.167. The molecule has 0 N–H and O–H groups in total. The molecule has 0 saturated heterocycles. The van der Waals surface area contributed by atoms with Gasteiger partial charge in [-0.15, -0.1) is 0 Å². The van der Waals surface area contributed by atoms with Crippen molar-refractivity contribution in [3.05, 3.63) is 94.1 Å². The molecule has 0 radical (unpaired) electrons. The fourth-order valence-corrected chi connectivity index (χ4v) is 3.73. The Kier molecular flexibility index (Phi) is 4.80. The van der Waals surface area contributed by atoms with E-state index in [1.807, 2.05) is 6.92 Å². The van der Waals surface area contributed by atoms with Crippen LogP contribution in [-0.4, -0.2) is 0 Å². The third-order valence-corrected chi connectivity index (χ3v) is 5.24. The second-order valence-corrected chi connectivity index (χ2v) is 6.96. The summed E-state index contributed by atoms with van der Waals surface area (Å²) >= 11 is 0. The summed E-state index contributed by atoms with van der Waals surface area (Å²) in [6.45, 7) is 1.84. The van der Waals surface area contributed by atoms with Gasteiger partial charge in [-0.3, -0.25) is 0 Å². The van der Waals surface area contributed by atoms with Crippen LogP contribution < -0.4 is 0 Å². The number of hydrogen-bond acceptors (Lipinski definition) is 0. The fourth-order valence-electron chi connectivity index (χ4n) is 3.73. The lowest BCUT2D eigenvalue weighted by Gasteiger charge is -2.20. The Morgan fingerprint density at radius 2 is 1.50 bits per heavy atom. The maximum atomic E-state index is 15.1. The topological polar surface area (TPSA) is 0 Å². The Bertz CT molecular complexity index is 1060. The van der Waals surface area contributed by atoms with Crippen molar-refractivity contribution >= 4 is 11.6 Å². The lowest BCUT2D eigenvalue weighted by molar-refractivity contribution is 0.572. The second kappa shape index (κ2) is 7.27. The molecule has 142 valence electrons. The highest BCUT2D eigenvalue weighted by Gasteiger charge is 2.22. The summed E-state index contributed by atoms with van der Waals surface area (Å²) in [7, 11) is 0. The Balaban J connectivity index is 1.76. The molecule has 0 nitrogen and oxygen atoms in total. The van der Waals surface area contributed by atoms with E-state index < -0.39 is 11.6 Å². The number of rotatable bonds is 3. The number of fused-ring (bicyclic) bond motifs is 1. The average Bonchev–Trinajstić information content (AvgIpc) is 2.68. The highest BCUT2D eigenvalue weighted by molar-refractivity contribution is 5.86. The molecule has 0 heterocycles. The third kappa shape index (κ3) is 3.24. The van der Waals surface area contributed by atoms with Gasteiger partial charge in [0.2, 0.25) is 0 Å². The minimum Gasteiger partial charge on any atom is -0.207 e. The zero-order valence-corrected chi connectivity index (χ0v) is 15.3. The van der Waals surface area contributed by atoms with Crippen LogP contribution in [0.3, 0.4) is 0 Å². The summed E-state index contributed by atoms with van der Waals surface area (Å²) in [4.78, 5) is 0. The van der Waals surface area contributed by atoms with Crippen LogP contribution >= 0.6 is 0 Å². The highest BCUT2D eigenvalue weighted by Crippen LogP contribution is 2.37. The normalized spacial score (nSPS) is 13.2. The molecule has 1 aliphatic rings. The molecule has 0 bridgehead atoms. The van der Waals surface area contributed by atoms with Crippen LogP contribution in [0.5, 0.6) is 0 Å². The van der Waals surface area contributed by atoms with Crippen LogP contribution in [-0.2, 0) is 12.8 Å². The first kappa shape index (κ1) is 18.5. The average molecular weight is 382 g/mol. The molecule has 0 amide bonds. The molecule has 0 spiro atoms. The Hall–Kier alpha value is -2.88. The van der Waals surface area contributed by atoms with Crippen LogP contribution in [0.15, 0.2) is 48.5 Å². The third-order valence-electron chi connectivity index (χ3n) is 5.24. The van der Waals surface area contributed by atoms with Crippen LogP contribution in [0, 0.1) is 23.3 Å². The number of aryl methyl sites for hydroxylation is 1.